The lowest BCUT2D eigenvalue weighted by Gasteiger charge is -2.32. The van der Waals surface area contributed by atoms with Crippen molar-refractivity contribution in [2.45, 2.75) is 25.4 Å². The number of amides is 1. The molecule has 0 radical (unpaired) electrons. The zero-order chi connectivity index (χ0) is 15.2. The van der Waals surface area contributed by atoms with Crippen LogP contribution in [0.25, 0.3) is 0 Å². The molecule has 1 aliphatic heterocycles. The van der Waals surface area contributed by atoms with Gasteiger partial charge in [-0.15, -0.1) is 0 Å². The Balaban J connectivity index is 1.89. The third-order valence-electron chi connectivity index (χ3n) is 3.62. The lowest BCUT2D eigenvalue weighted by atomic mass is 10.1. The molecule has 21 heavy (non-hydrogen) atoms. The fraction of sp³-hybridized carbons (Fsp3) is 0.533. The lowest BCUT2D eigenvalue weighted by Crippen LogP contribution is -2.41. The van der Waals surface area contributed by atoms with Crippen molar-refractivity contribution in [3.63, 3.8) is 0 Å². The summed E-state index contributed by atoms with van der Waals surface area (Å²) in [6.45, 7) is 2.62. The van der Waals surface area contributed by atoms with E-state index in [-0.39, 0.29) is 17.8 Å². The van der Waals surface area contributed by atoms with E-state index in [0.29, 0.717) is 31.8 Å². The molecule has 0 unspecified atom stereocenters. The highest BCUT2D eigenvalue weighted by Gasteiger charge is 2.25. The monoisotopic (exact) mass is 356 g/mol. The molecule has 1 fully saturated rings. The minimum atomic E-state index is -0.130. The Morgan fingerprint density at radius 2 is 2.14 bits per heavy atom. The van der Waals surface area contributed by atoms with Crippen LogP contribution in [-0.4, -0.2) is 48.3 Å². The molecule has 0 aliphatic carbocycles. The quantitative estimate of drug-likeness (QED) is 0.792. The van der Waals surface area contributed by atoms with Gasteiger partial charge in [0.05, 0.1) is 11.7 Å². The van der Waals surface area contributed by atoms with Gasteiger partial charge in [-0.2, -0.15) is 0 Å². The smallest absolute Gasteiger partial charge is 0.257 e. The van der Waals surface area contributed by atoms with E-state index < -0.39 is 0 Å². The van der Waals surface area contributed by atoms with Crippen molar-refractivity contribution in [1.29, 1.82) is 0 Å². The second-order valence-electron chi connectivity index (χ2n) is 5.17. The summed E-state index contributed by atoms with van der Waals surface area (Å²) in [4.78, 5) is 14.2. The number of benzene rings is 1. The highest BCUT2D eigenvalue weighted by Crippen LogP contribution is 2.25. The SMILES string of the molecule is NCCCOC1CCN(C(=O)c2cc(Br)ccc2O)CC1. The first-order valence-corrected chi connectivity index (χ1v) is 8.00. The molecule has 3 N–H and O–H groups in total. The summed E-state index contributed by atoms with van der Waals surface area (Å²) in [5.41, 5.74) is 5.78. The average Bonchev–Trinajstić information content (AvgIpc) is 2.50. The Morgan fingerprint density at radius 1 is 1.43 bits per heavy atom. The van der Waals surface area contributed by atoms with E-state index in [1.165, 1.54) is 6.07 Å². The van der Waals surface area contributed by atoms with E-state index in [1.54, 1.807) is 17.0 Å². The fourth-order valence-corrected chi connectivity index (χ4v) is 2.77. The van der Waals surface area contributed by atoms with Gasteiger partial charge in [0.1, 0.15) is 5.75 Å². The minimum absolute atomic E-state index is 0.0181. The number of carbonyl (C=O) groups is 1. The van der Waals surface area contributed by atoms with E-state index in [1.807, 2.05) is 0 Å². The molecule has 0 aromatic heterocycles. The molecule has 1 heterocycles. The van der Waals surface area contributed by atoms with Crippen LogP contribution in [0.3, 0.4) is 0 Å². The van der Waals surface area contributed by atoms with Crippen LogP contribution in [0.5, 0.6) is 5.75 Å². The molecular formula is C15H21BrN2O3. The van der Waals surface area contributed by atoms with Gasteiger partial charge in [0, 0.05) is 24.2 Å². The summed E-state index contributed by atoms with van der Waals surface area (Å²) >= 11 is 3.32. The van der Waals surface area contributed by atoms with Gasteiger partial charge in [-0.25, -0.2) is 0 Å². The number of hydrogen-bond donors (Lipinski definition) is 2. The number of piperidine rings is 1. The van der Waals surface area contributed by atoms with Crippen LogP contribution in [0.2, 0.25) is 0 Å². The molecule has 1 aliphatic rings. The first-order chi connectivity index (χ1) is 10.1. The van der Waals surface area contributed by atoms with E-state index >= 15 is 0 Å². The molecule has 1 amide bonds. The van der Waals surface area contributed by atoms with Crippen LogP contribution >= 0.6 is 15.9 Å². The number of phenols is 1. The van der Waals surface area contributed by atoms with Gasteiger partial charge < -0.3 is 20.5 Å². The number of aromatic hydroxyl groups is 1. The van der Waals surface area contributed by atoms with E-state index in [2.05, 4.69) is 15.9 Å². The van der Waals surface area contributed by atoms with Crippen molar-refractivity contribution in [2.75, 3.05) is 26.2 Å². The number of nitrogens with two attached hydrogens (primary N) is 1. The van der Waals surface area contributed by atoms with Crippen molar-refractivity contribution in [1.82, 2.24) is 4.90 Å². The Bertz CT molecular complexity index is 488. The van der Waals surface area contributed by atoms with E-state index in [4.69, 9.17) is 10.5 Å². The highest BCUT2D eigenvalue weighted by atomic mass is 79.9. The summed E-state index contributed by atoms with van der Waals surface area (Å²) in [7, 11) is 0. The number of likely N-dealkylation sites (tertiary alicyclic amines) is 1. The van der Waals surface area contributed by atoms with Crippen molar-refractivity contribution < 1.29 is 14.6 Å². The summed E-state index contributed by atoms with van der Waals surface area (Å²) in [5.74, 6) is -0.112. The molecule has 0 bridgehead atoms. The van der Waals surface area contributed by atoms with Gasteiger partial charge in [0.15, 0.2) is 0 Å². The molecule has 0 atom stereocenters. The molecule has 0 spiro atoms. The molecule has 0 saturated carbocycles. The maximum absolute atomic E-state index is 12.4. The number of halogens is 1. The summed E-state index contributed by atoms with van der Waals surface area (Å²) in [6.07, 6.45) is 2.72. The van der Waals surface area contributed by atoms with Crippen LogP contribution < -0.4 is 5.73 Å². The second kappa shape index (κ2) is 7.77. The largest absolute Gasteiger partial charge is 0.507 e. The topological polar surface area (TPSA) is 75.8 Å². The second-order valence-corrected chi connectivity index (χ2v) is 6.08. The lowest BCUT2D eigenvalue weighted by molar-refractivity contribution is 0.00838. The number of nitrogens with zero attached hydrogens (tertiary/aromatic N) is 1. The minimum Gasteiger partial charge on any atom is -0.507 e. The maximum Gasteiger partial charge on any atom is 0.257 e. The van der Waals surface area contributed by atoms with E-state index in [0.717, 1.165) is 23.7 Å². The molecule has 2 rings (SSSR count). The highest BCUT2D eigenvalue weighted by molar-refractivity contribution is 9.10. The van der Waals surface area contributed by atoms with Crippen molar-refractivity contribution in [3.05, 3.63) is 28.2 Å². The molecule has 1 aromatic carbocycles. The first-order valence-electron chi connectivity index (χ1n) is 7.21. The van der Waals surface area contributed by atoms with Crippen molar-refractivity contribution in [3.8, 4) is 5.75 Å². The van der Waals surface area contributed by atoms with Gasteiger partial charge in [-0.1, -0.05) is 15.9 Å². The molecule has 1 saturated heterocycles. The fourth-order valence-electron chi connectivity index (χ4n) is 2.41. The van der Waals surface area contributed by atoms with Gasteiger partial charge in [-0.3, -0.25) is 4.79 Å². The Morgan fingerprint density at radius 3 is 2.81 bits per heavy atom. The third-order valence-corrected chi connectivity index (χ3v) is 4.11. The number of hydrogen-bond acceptors (Lipinski definition) is 4. The van der Waals surface area contributed by atoms with Gasteiger partial charge >= 0.3 is 0 Å². The molecule has 6 heteroatoms. The van der Waals surface area contributed by atoms with E-state index in [9.17, 15) is 9.90 Å². The van der Waals surface area contributed by atoms with Crippen molar-refractivity contribution >= 4 is 21.8 Å². The number of ether oxygens (including phenoxy) is 1. The third kappa shape index (κ3) is 4.43. The number of phenolic OH excluding ortho intramolecular Hbond substituents is 1. The van der Waals surface area contributed by atoms with Crippen LogP contribution in [0.15, 0.2) is 22.7 Å². The first kappa shape index (κ1) is 16.3. The normalized spacial score (nSPS) is 16.2. The standard InChI is InChI=1S/C15H21BrN2O3/c16-11-2-3-14(19)13(10-11)15(20)18-7-4-12(5-8-18)21-9-1-6-17/h2-3,10,12,19H,1,4-9,17H2. The predicted octanol–water partition coefficient (Wildman–Crippen LogP) is 2.12. The van der Waals surface area contributed by atoms with Gasteiger partial charge in [0.25, 0.3) is 5.91 Å². The number of rotatable bonds is 5. The average molecular weight is 357 g/mol. The molecule has 1 aromatic rings. The van der Waals surface area contributed by atoms with Crippen LogP contribution in [-0.2, 0) is 4.74 Å². The number of carbonyl (C=O) groups excluding carboxylic acids is 1. The maximum atomic E-state index is 12.4. The Kier molecular flexibility index (Phi) is 6.02. The summed E-state index contributed by atoms with van der Waals surface area (Å²) < 4.78 is 6.51. The van der Waals surface area contributed by atoms with Crippen LogP contribution in [0, 0.1) is 0 Å². The predicted molar refractivity (Wildman–Crippen MR) is 84.4 cm³/mol. The zero-order valence-corrected chi connectivity index (χ0v) is 13.5. The van der Waals surface area contributed by atoms with Crippen LogP contribution in [0.1, 0.15) is 29.6 Å². The zero-order valence-electron chi connectivity index (χ0n) is 11.9. The molecule has 5 nitrogen and oxygen atoms in total. The van der Waals surface area contributed by atoms with Crippen molar-refractivity contribution in [2.24, 2.45) is 5.73 Å². The molecule has 116 valence electrons. The Labute approximate surface area is 133 Å². The van der Waals surface area contributed by atoms with Crippen LogP contribution in [0.4, 0.5) is 0 Å². The summed E-state index contributed by atoms with van der Waals surface area (Å²) in [5, 5.41) is 9.83. The van der Waals surface area contributed by atoms with Gasteiger partial charge in [-0.05, 0) is 44.0 Å². The Hall–Kier alpha value is -1.11. The molecular weight excluding hydrogens is 336 g/mol. The van der Waals surface area contributed by atoms with Gasteiger partial charge in [0.2, 0.25) is 0 Å². The summed E-state index contributed by atoms with van der Waals surface area (Å²) in [6, 6.07) is 4.89.